The predicted octanol–water partition coefficient (Wildman–Crippen LogP) is 4.49. The van der Waals surface area contributed by atoms with Gasteiger partial charge in [0, 0.05) is 0 Å². The molecule has 0 heterocycles. The third kappa shape index (κ3) is 2.27. The van der Waals surface area contributed by atoms with E-state index < -0.39 is 0 Å². The maximum Gasteiger partial charge on any atom is -0.0245 e. The standard InChI is InChI=1S/C13H26/c1-7-13(10(2)3)9-11(13)8-12(4,5)6/h10-11H,7-9H2,1-6H3. The van der Waals surface area contributed by atoms with Crippen molar-refractivity contribution in [3.05, 3.63) is 0 Å². The fraction of sp³-hybridized carbons (Fsp3) is 1.00. The quantitative estimate of drug-likeness (QED) is 0.603. The molecular formula is C13H26. The summed E-state index contributed by atoms with van der Waals surface area (Å²) in [5, 5.41) is 0. The Balaban J connectivity index is 2.51. The van der Waals surface area contributed by atoms with Gasteiger partial charge in [-0.15, -0.1) is 0 Å². The van der Waals surface area contributed by atoms with Crippen molar-refractivity contribution in [2.75, 3.05) is 0 Å². The summed E-state index contributed by atoms with van der Waals surface area (Å²) in [5.41, 5.74) is 1.24. The van der Waals surface area contributed by atoms with Crippen molar-refractivity contribution in [3.63, 3.8) is 0 Å². The normalized spacial score (nSPS) is 33.9. The van der Waals surface area contributed by atoms with Crippen LogP contribution in [-0.4, -0.2) is 0 Å². The predicted molar refractivity (Wildman–Crippen MR) is 59.7 cm³/mol. The van der Waals surface area contributed by atoms with Crippen LogP contribution in [0.25, 0.3) is 0 Å². The largest absolute Gasteiger partial charge is 0.0648 e. The van der Waals surface area contributed by atoms with Crippen LogP contribution >= 0.6 is 0 Å². The zero-order valence-electron chi connectivity index (χ0n) is 10.3. The van der Waals surface area contributed by atoms with E-state index in [1.54, 1.807) is 0 Å². The summed E-state index contributed by atoms with van der Waals surface area (Å²) in [6.45, 7) is 14.3. The second kappa shape index (κ2) is 3.29. The van der Waals surface area contributed by atoms with Crippen LogP contribution in [0.4, 0.5) is 0 Å². The molecule has 1 rings (SSSR count). The zero-order chi connectivity index (χ0) is 10.3. The molecule has 0 amide bonds. The highest BCUT2D eigenvalue weighted by Crippen LogP contribution is 2.63. The molecule has 0 heteroatoms. The molecule has 1 saturated carbocycles. The van der Waals surface area contributed by atoms with E-state index in [1.165, 1.54) is 19.3 Å². The third-order valence-electron chi connectivity index (χ3n) is 3.95. The van der Waals surface area contributed by atoms with Gasteiger partial charge in [-0.3, -0.25) is 0 Å². The van der Waals surface area contributed by atoms with Gasteiger partial charge in [0.25, 0.3) is 0 Å². The van der Waals surface area contributed by atoms with Crippen LogP contribution in [0.3, 0.4) is 0 Å². The van der Waals surface area contributed by atoms with Gasteiger partial charge in [0.2, 0.25) is 0 Å². The van der Waals surface area contributed by atoms with Crippen LogP contribution in [0, 0.1) is 22.7 Å². The van der Waals surface area contributed by atoms with Crippen molar-refractivity contribution in [2.24, 2.45) is 22.7 Å². The fourth-order valence-electron chi connectivity index (χ4n) is 2.96. The third-order valence-corrected chi connectivity index (χ3v) is 3.95. The molecule has 0 bridgehead atoms. The van der Waals surface area contributed by atoms with E-state index in [1.807, 2.05) is 0 Å². The highest BCUT2D eigenvalue weighted by atomic mass is 14.6. The summed E-state index contributed by atoms with van der Waals surface area (Å²) < 4.78 is 0. The number of hydrogen-bond donors (Lipinski definition) is 0. The van der Waals surface area contributed by atoms with Crippen molar-refractivity contribution in [1.29, 1.82) is 0 Å². The minimum Gasteiger partial charge on any atom is -0.0648 e. The lowest BCUT2D eigenvalue weighted by molar-refractivity contribution is 0.259. The summed E-state index contributed by atoms with van der Waals surface area (Å²) >= 11 is 0. The average molecular weight is 182 g/mol. The van der Waals surface area contributed by atoms with Crippen LogP contribution in [0.5, 0.6) is 0 Å². The molecular weight excluding hydrogens is 156 g/mol. The highest BCUT2D eigenvalue weighted by Gasteiger charge is 2.54. The molecule has 0 aliphatic heterocycles. The summed E-state index contributed by atoms with van der Waals surface area (Å²) in [6, 6.07) is 0. The summed E-state index contributed by atoms with van der Waals surface area (Å²) in [6.07, 6.45) is 4.28. The minimum atomic E-state index is 0.524. The van der Waals surface area contributed by atoms with Gasteiger partial charge in [-0.2, -0.15) is 0 Å². The molecule has 1 aliphatic rings. The van der Waals surface area contributed by atoms with E-state index in [2.05, 4.69) is 41.5 Å². The van der Waals surface area contributed by atoms with E-state index in [0.717, 1.165) is 11.8 Å². The average Bonchev–Trinajstić information content (AvgIpc) is 2.60. The molecule has 0 radical (unpaired) electrons. The molecule has 0 aromatic heterocycles. The molecule has 1 aliphatic carbocycles. The Kier molecular flexibility index (Phi) is 2.81. The molecule has 1 fully saturated rings. The Morgan fingerprint density at radius 1 is 1.31 bits per heavy atom. The van der Waals surface area contributed by atoms with E-state index in [0.29, 0.717) is 10.8 Å². The lowest BCUT2D eigenvalue weighted by Crippen LogP contribution is -2.15. The van der Waals surface area contributed by atoms with Crippen molar-refractivity contribution < 1.29 is 0 Å². The van der Waals surface area contributed by atoms with E-state index in [-0.39, 0.29) is 0 Å². The minimum absolute atomic E-state index is 0.524. The van der Waals surface area contributed by atoms with Gasteiger partial charge in [-0.1, -0.05) is 41.5 Å². The molecule has 13 heavy (non-hydrogen) atoms. The van der Waals surface area contributed by atoms with Gasteiger partial charge < -0.3 is 0 Å². The summed E-state index contributed by atoms with van der Waals surface area (Å²) in [5.74, 6) is 1.89. The lowest BCUT2D eigenvalue weighted by atomic mass is 9.81. The van der Waals surface area contributed by atoms with Crippen molar-refractivity contribution in [3.8, 4) is 0 Å². The molecule has 0 N–H and O–H groups in total. The van der Waals surface area contributed by atoms with Gasteiger partial charge in [0.1, 0.15) is 0 Å². The molecule has 0 aromatic carbocycles. The van der Waals surface area contributed by atoms with E-state index in [9.17, 15) is 0 Å². The van der Waals surface area contributed by atoms with Crippen molar-refractivity contribution >= 4 is 0 Å². The molecule has 0 nitrogen and oxygen atoms in total. The topological polar surface area (TPSA) is 0 Å². The maximum atomic E-state index is 2.40. The van der Waals surface area contributed by atoms with Gasteiger partial charge in [-0.05, 0) is 41.9 Å². The van der Waals surface area contributed by atoms with Gasteiger partial charge >= 0.3 is 0 Å². The van der Waals surface area contributed by atoms with Crippen LogP contribution in [0.1, 0.15) is 60.8 Å². The van der Waals surface area contributed by atoms with Crippen molar-refractivity contribution in [2.45, 2.75) is 60.8 Å². The lowest BCUT2D eigenvalue weighted by Gasteiger charge is -2.24. The number of rotatable bonds is 3. The SMILES string of the molecule is CCC1(C(C)C)CC1CC(C)(C)C. The van der Waals surface area contributed by atoms with E-state index >= 15 is 0 Å². The molecule has 2 unspecified atom stereocenters. The zero-order valence-corrected chi connectivity index (χ0v) is 10.3. The molecule has 2 atom stereocenters. The van der Waals surface area contributed by atoms with Gasteiger partial charge in [0.05, 0.1) is 0 Å². The summed E-state index contributed by atoms with van der Waals surface area (Å²) in [4.78, 5) is 0. The molecule has 78 valence electrons. The fourth-order valence-corrected chi connectivity index (χ4v) is 2.96. The Labute approximate surface area is 84.1 Å². The van der Waals surface area contributed by atoms with E-state index in [4.69, 9.17) is 0 Å². The maximum absolute atomic E-state index is 2.40. The van der Waals surface area contributed by atoms with Crippen LogP contribution < -0.4 is 0 Å². The first-order valence-electron chi connectivity index (χ1n) is 5.82. The first kappa shape index (κ1) is 11.1. The first-order valence-corrected chi connectivity index (χ1v) is 5.82. The highest BCUT2D eigenvalue weighted by molar-refractivity contribution is 5.04. The molecule has 0 spiro atoms. The second-order valence-corrected chi connectivity index (χ2v) is 6.41. The van der Waals surface area contributed by atoms with Crippen LogP contribution in [0.15, 0.2) is 0 Å². The first-order chi connectivity index (χ1) is 5.82. The Bertz CT molecular complexity index is 173. The number of hydrogen-bond acceptors (Lipinski definition) is 0. The van der Waals surface area contributed by atoms with Crippen LogP contribution in [-0.2, 0) is 0 Å². The monoisotopic (exact) mass is 182 g/mol. The molecule has 0 saturated heterocycles. The second-order valence-electron chi connectivity index (χ2n) is 6.41. The Morgan fingerprint density at radius 2 is 1.85 bits per heavy atom. The smallest absolute Gasteiger partial charge is 0.0245 e. The van der Waals surface area contributed by atoms with Gasteiger partial charge in [-0.25, -0.2) is 0 Å². The van der Waals surface area contributed by atoms with Crippen molar-refractivity contribution in [1.82, 2.24) is 0 Å². The Morgan fingerprint density at radius 3 is 2.08 bits per heavy atom. The van der Waals surface area contributed by atoms with Crippen LogP contribution in [0.2, 0.25) is 0 Å². The summed E-state index contributed by atoms with van der Waals surface area (Å²) in [7, 11) is 0. The van der Waals surface area contributed by atoms with Gasteiger partial charge in [0.15, 0.2) is 0 Å². The Hall–Kier alpha value is 0. The molecule has 0 aromatic rings.